The summed E-state index contributed by atoms with van der Waals surface area (Å²) in [6, 6.07) is 8.69. The Labute approximate surface area is 101 Å². The van der Waals surface area contributed by atoms with Crippen LogP contribution in [0, 0.1) is 0 Å². The van der Waals surface area contributed by atoms with Crippen molar-refractivity contribution in [1.82, 2.24) is 10.3 Å². The van der Waals surface area contributed by atoms with Crippen molar-refractivity contribution >= 4 is 22.7 Å². The molecule has 0 spiro atoms. The van der Waals surface area contributed by atoms with Gasteiger partial charge in [-0.15, -0.1) is 0 Å². The van der Waals surface area contributed by atoms with Gasteiger partial charge in [-0.25, -0.2) is 0 Å². The second kappa shape index (κ2) is 5.97. The van der Waals surface area contributed by atoms with Crippen LogP contribution in [0.15, 0.2) is 30.5 Å². The number of benzene rings is 1. The van der Waals surface area contributed by atoms with Gasteiger partial charge in [-0.1, -0.05) is 6.07 Å². The molecule has 0 saturated carbocycles. The van der Waals surface area contributed by atoms with E-state index in [9.17, 15) is 0 Å². The van der Waals surface area contributed by atoms with Gasteiger partial charge in [-0.3, -0.25) is 0 Å². The van der Waals surface area contributed by atoms with Gasteiger partial charge in [0.2, 0.25) is 0 Å². The minimum atomic E-state index is 0.968. The van der Waals surface area contributed by atoms with Gasteiger partial charge < -0.3 is 10.3 Å². The molecule has 3 heteroatoms. The molecule has 0 atom stereocenters. The largest absolute Gasteiger partial charge is 0.361 e. The SMILES string of the molecule is CSCCCNCc1ccc2[nH]ccc2c1. The van der Waals surface area contributed by atoms with E-state index in [-0.39, 0.29) is 0 Å². The third-order valence-corrected chi connectivity index (χ3v) is 3.35. The van der Waals surface area contributed by atoms with E-state index >= 15 is 0 Å². The Kier molecular flexibility index (Phi) is 4.31. The number of fused-ring (bicyclic) bond motifs is 1. The molecule has 0 bridgehead atoms. The van der Waals surface area contributed by atoms with E-state index in [2.05, 4.69) is 40.8 Å². The zero-order valence-corrected chi connectivity index (χ0v) is 10.4. The monoisotopic (exact) mass is 234 g/mol. The summed E-state index contributed by atoms with van der Waals surface area (Å²) in [6.45, 7) is 2.07. The first kappa shape index (κ1) is 11.6. The molecule has 2 N–H and O–H groups in total. The lowest BCUT2D eigenvalue weighted by molar-refractivity contribution is 0.679. The first-order chi connectivity index (χ1) is 7.90. The summed E-state index contributed by atoms with van der Waals surface area (Å²) in [5.74, 6) is 1.24. The van der Waals surface area contributed by atoms with Crippen LogP contribution in [-0.2, 0) is 6.54 Å². The fourth-order valence-electron chi connectivity index (χ4n) is 1.79. The first-order valence-corrected chi connectivity index (χ1v) is 7.05. The quantitative estimate of drug-likeness (QED) is 0.752. The number of thioether (sulfide) groups is 1. The average Bonchev–Trinajstić information content (AvgIpc) is 2.76. The fraction of sp³-hybridized carbons (Fsp3) is 0.385. The molecular weight excluding hydrogens is 216 g/mol. The normalized spacial score (nSPS) is 11.1. The highest BCUT2D eigenvalue weighted by atomic mass is 32.2. The number of H-pyrrole nitrogens is 1. The molecule has 0 unspecified atom stereocenters. The minimum absolute atomic E-state index is 0.968. The standard InChI is InChI=1S/C13H18N2S/c1-16-8-2-6-14-10-11-3-4-13-12(9-11)5-7-15-13/h3-5,7,9,14-15H,2,6,8,10H2,1H3. The maximum absolute atomic E-state index is 3.47. The summed E-state index contributed by atoms with van der Waals surface area (Å²) < 4.78 is 0. The van der Waals surface area contributed by atoms with Crippen LogP contribution in [0.2, 0.25) is 0 Å². The number of nitrogens with one attached hydrogen (secondary N) is 2. The Morgan fingerprint density at radius 2 is 2.25 bits per heavy atom. The van der Waals surface area contributed by atoms with E-state index in [0.717, 1.165) is 13.1 Å². The highest BCUT2D eigenvalue weighted by molar-refractivity contribution is 7.98. The predicted octanol–water partition coefficient (Wildman–Crippen LogP) is 3.01. The average molecular weight is 234 g/mol. The molecule has 1 heterocycles. The Hall–Kier alpha value is -0.930. The Balaban J connectivity index is 1.84. The molecule has 0 fully saturated rings. The number of rotatable bonds is 6. The molecule has 0 radical (unpaired) electrons. The number of hydrogen-bond acceptors (Lipinski definition) is 2. The number of aromatic amines is 1. The van der Waals surface area contributed by atoms with Crippen LogP contribution in [0.4, 0.5) is 0 Å². The Bertz CT molecular complexity index is 436. The summed E-state index contributed by atoms with van der Waals surface area (Å²) >= 11 is 1.91. The van der Waals surface area contributed by atoms with Gasteiger partial charge in [0.15, 0.2) is 0 Å². The van der Waals surface area contributed by atoms with Crippen LogP contribution in [0.1, 0.15) is 12.0 Å². The lowest BCUT2D eigenvalue weighted by atomic mass is 10.1. The molecule has 0 amide bonds. The van der Waals surface area contributed by atoms with Crippen molar-refractivity contribution < 1.29 is 0 Å². The summed E-state index contributed by atoms with van der Waals surface area (Å²) in [4.78, 5) is 3.21. The summed E-state index contributed by atoms with van der Waals surface area (Å²) in [5, 5.41) is 4.76. The maximum atomic E-state index is 3.47. The zero-order chi connectivity index (χ0) is 11.2. The summed E-state index contributed by atoms with van der Waals surface area (Å²) in [6.07, 6.45) is 5.38. The van der Waals surface area contributed by atoms with Gasteiger partial charge in [0.05, 0.1) is 0 Å². The summed E-state index contributed by atoms with van der Waals surface area (Å²) in [7, 11) is 0. The third kappa shape index (κ3) is 3.03. The van der Waals surface area contributed by atoms with Gasteiger partial charge in [0.1, 0.15) is 0 Å². The van der Waals surface area contributed by atoms with Gasteiger partial charge in [0.25, 0.3) is 0 Å². The topological polar surface area (TPSA) is 27.8 Å². The van der Waals surface area contributed by atoms with E-state index in [1.165, 1.54) is 28.6 Å². The first-order valence-electron chi connectivity index (χ1n) is 5.66. The van der Waals surface area contributed by atoms with Crippen molar-refractivity contribution in [3.63, 3.8) is 0 Å². The van der Waals surface area contributed by atoms with Gasteiger partial charge in [0, 0.05) is 18.3 Å². The fourth-order valence-corrected chi connectivity index (χ4v) is 2.22. The van der Waals surface area contributed by atoms with Crippen LogP contribution in [0.25, 0.3) is 10.9 Å². The zero-order valence-electron chi connectivity index (χ0n) is 9.62. The highest BCUT2D eigenvalue weighted by Gasteiger charge is 1.96. The lowest BCUT2D eigenvalue weighted by Gasteiger charge is -2.04. The Morgan fingerprint density at radius 1 is 1.31 bits per heavy atom. The van der Waals surface area contributed by atoms with Crippen molar-refractivity contribution in [2.24, 2.45) is 0 Å². The highest BCUT2D eigenvalue weighted by Crippen LogP contribution is 2.13. The van der Waals surface area contributed by atoms with Crippen molar-refractivity contribution in [1.29, 1.82) is 0 Å². The van der Waals surface area contributed by atoms with E-state index in [1.807, 2.05) is 18.0 Å². The molecule has 0 aliphatic rings. The number of hydrogen-bond donors (Lipinski definition) is 2. The summed E-state index contributed by atoms with van der Waals surface area (Å²) in [5.41, 5.74) is 2.57. The van der Waals surface area contributed by atoms with E-state index < -0.39 is 0 Å². The van der Waals surface area contributed by atoms with Crippen LogP contribution < -0.4 is 5.32 Å². The predicted molar refractivity (Wildman–Crippen MR) is 73.0 cm³/mol. The van der Waals surface area contributed by atoms with Gasteiger partial charge in [-0.2, -0.15) is 11.8 Å². The van der Waals surface area contributed by atoms with Crippen molar-refractivity contribution in [3.05, 3.63) is 36.0 Å². The van der Waals surface area contributed by atoms with Gasteiger partial charge in [-0.05, 0) is 54.1 Å². The molecule has 2 rings (SSSR count). The maximum Gasteiger partial charge on any atom is 0.0454 e. The van der Waals surface area contributed by atoms with Crippen molar-refractivity contribution in [2.45, 2.75) is 13.0 Å². The van der Waals surface area contributed by atoms with Crippen LogP contribution >= 0.6 is 11.8 Å². The van der Waals surface area contributed by atoms with Crippen LogP contribution in [0.5, 0.6) is 0 Å². The van der Waals surface area contributed by atoms with Crippen LogP contribution in [-0.4, -0.2) is 23.5 Å². The second-order valence-electron chi connectivity index (χ2n) is 3.92. The molecule has 0 aliphatic carbocycles. The van der Waals surface area contributed by atoms with Crippen molar-refractivity contribution in [3.8, 4) is 0 Å². The molecule has 86 valence electrons. The van der Waals surface area contributed by atoms with E-state index in [0.29, 0.717) is 0 Å². The molecule has 2 nitrogen and oxygen atoms in total. The van der Waals surface area contributed by atoms with E-state index in [4.69, 9.17) is 0 Å². The molecule has 1 aromatic heterocycles. The molecule has 0 saturated heterocycles. The number of aromatic nitrogens is 1. The third-order valence-electron chi connectivity index (χ3n) is 2.65. The minimum Gasteiger partial charge on any atom is -0.361 e. The second-order valence-corrected chi connectivity index (χ2v) is 4.91. The van der Waals surface area contributed by atoms with E-state index in [1.54, 1.807) is 0 Å². The van der Waals surface area contributed by atoms with Gasteiger partial charge >= 0.3 is 0 Å². The molecule has 2 aromatic rings. The molecular formula is C13H18N2S. The molecule has 1 aromatic carbocycles. The van der Waals surface area contributed by atoms with Crippen LogP contribution in [0.3, 0.4) is 0 Å². The molecule has 16 heavy (non-hydrogen) atoms. The lowest BCUT2D eigenvalue weighted by Crippen LogP contribution is -2.15. The Morgan fingerprint density at radius 3 is 3.12 bits per heavy atom. The smallest absolute Gasteiger partial charge is 0.0454 e. The molecule has 0 aliphatic heterocycles. The van der Waals surface area contributed by atoms with Crippen molar-refractivity contribution in [2.75, 3.05) is 18.6 Å².